The van der Waals surface area contributed by atoms with Gasteiger partial charge in [0.05, 0.1) is 13.3 Å². The Morgan fingerprint density at radius 2 is 1.63 bits per heavy atom. The smallest absolute Gasteiger partial charge is 0.336 e. The summed E-state index contributed by atoms with van der Waals surface area (Å²) in [4.78, 5) is 36.2. The van der Waals surface area contributed by atoms with E-state index in [0.717, 1.165) is 17.5 Å². The maximum absolute atomic E-state index is 12.1. The fourth-order valence-corrected chi connectivity index (χ4v) is 2.95. The number of carbonyl (C=O) groups excluding carboxylic acids is 3. The number of benzene rings is 3. The van der Waals surface area contributed by atoms with E-state index in [0.29, 0.717) is 17.0 Å². The number of nitrogens with one attached hydrogen (secondary N) is 2. The summed E-state index contributed by atoms with van der Waals surface area (Å²) in [6.45, 7) is 2.03. The minimum Gasteiger partial charge on any atom is -0.493 e. The van der Waals surface area contributed by atoms with Crippen molar-refractivity contribution >= 4 is 35.8 Å². The second kappa shape index (κ2) is 12.5. The van der Waals surface area contributed by atoms with Gasteiger partial charge in [0.25, 0.3) is 0 Å². The highest BCUT2D eigenvalue weighted by molar-refractivity contribution is 6.39. The van der Waals surface area contributed by atoms with E-state index in [1.807, 2.05) is 49.4 Å². The van der Waals surface area contributed by atoms with Crippen LogP contribution in [0.15, 0.2) is 84.0 Å². The van der Waals surface area contributed by atoms with Gasteiger partial charge in [-0.05, 0) is 59.5 Å². The average molecular weight is 472 g/mol. The van der Waals surface area contributed by atoms with E-state index in [-0.39, 0.29) is 5.75 Å². The molecule has 0 atom stereocenters. The molecule has 0 aliphatic heterocycles. The second-order valence-electron chi connectivity index (χ2n) is 7.28. The van der Waals surface area contributed by atoms with E-state index in [4.69, 9.17) is 9.47 Å². The average Bonchev–Trinajstić information content (AvgIpc) is 2.89. The summed E-state index contributed by atoms with van der Waals surface area (Å²) in [5.41, 5.74) is 5.23. The molecule has 8 heteroatoms. The summed E-state index contributed by atoms with van der Waals surface area (Å²) in [5.74, 6) is -1.78. The number of hydrazone groups is 1. The van der Waals surface area contributed by atoms with Gasteiger partial charge in [-0.15, -0.1) is 0 Å². The molecule has 0 spiro atoms. The lowest BCUT2D eigenvalue weighted by molar-refractivity contribution is -0.136. The van der Waals surface area contributed by atoms with Crippen LogP contribution in [-0.4, -0.2) is 31.1 Å². The molecule has 0 aliphatic carbocycles. The summed E-state index contributed by atoms with van der Waals surface area (Å²) in [5, 5.41) is 6.31. The predicted octanol–water partition coefficient (Wildman–Crippen LogP) is 3.97. The summed E-state index contributed by atoms with van der Waals surface area (Å²) >= 11 is 0. The number of methoxy groups -OCH3 is 1. The van der Waals surface area contributed by atoms with Gasteiger partial charge in [-0.3, -0.25) is 9.59 Å². The number of hydrogen-bond donors (Lipinski definition) is 2. The number of esters is 1. The Bertz CT molecular complexity index is 1240. The van der Waals surface area contributed by atoms with Crippen molar-refractivity contribution < 1.29 is 23.9 Å². The van der Waals surface area contributed by atoms with Crippen molar-refractivity contribution in [1.82, 2.24) is 5.43 Å². The van der Waals surface area contributed by atoms with Crippen LogP contribution in [0.4, 0.5) is 5.69 Å². The predicted molar refractivity (Wildman–Crippen MR) is 134 cm³/mol. The molecule has 3 rings (SSSR count). The molecule has 3 aromatic rings. The van der Waals surface area contributed by atoms with Crippen LogP contribution in [0.5, 0.6) is 11.5 Å². The van der Waals surface area contributed by atoms with Gasteiger partial charge in [0, 0.05) is 11.8 Å². The van der Waals surface area contributed by atoms with Crippen LogP contribution in [-0.2, 0) is 20.8 Å². The van der Waals surface area contributed by atoms with Gasteiger partial charge in [-0.25, -0.2) is 10.2 Å². The number of anilines is 1. The molecule has 0 unspecified atom stereocenters. The number of hydrogen-bond acceptors (Lipinski definition) is 6. The first-order valence-electron chi connectivity index (χ1n) is 10.8. The number of nitrogens with zero attached hydrogens (tertiary/aromatic N) is 1. The Kier molecular flexibility index (Phi) is 8.90. The zero-order valence-corrected chi connectivity index (χ0v) is 19.4. The van der Waals surface area contributed by atoms with Gasteiger partial charge in [-0.1, -0.05) is 49.4 Å². The Labute approximate surface area is 203 Å². The third-order valence-electron chi connectivity index (χ3n) is 4.82. The minimum absolute atomic E-state index is 0.227. The van der Waals surface area contributed by atoms with E-state index in [9.17, 15) is 14.4 Å². The van der Waals surface area contributed by atoms with Crippen LogP contribution in [0.3, 0.4) is 0 Å². The number of aryl methyl sites for hydroxylation is 1. The van der Waals surface area contributed by atoms with Gasteiger partial charge >= 0.3 is 17.8 Å². The van der Waals surface area contributed by atoms with Crippen LogP contribution < -0.4 is 20.2 Å². The lowest BCUT2D eigenvalue weighted by atomic mass is 10.1. The maximum Gasteiger partial charge on any atom is 0.336 e. The third-order valence-corrected chi connectivity index (χ3v) is 4.82. The first-order chi connectivity index (χ1) is 17.0. The summed E-state index contributed by atoms with van der Waals surface area (Å²) in [6.07, 6.45) is 5.19. The summed E-state index contributed by atoms with van der Waals surface area (Å²) < 4.78 is 10.6. The van der Waals surface area contributed by atoms with Crippen LogP contribution in [0.25, 0.3) is 6.08 Å². The standard InChI is InChI=1S/C27H25N3O5/c1-3-19-9-13-22(14-10-19)29-26(32)27(33)30-28-18-21-11-15-23(24(17-21)34-2)35-25(31)16-12-20-7-5-4-6-8-20/h4-18H,3H2,1-2H3,(H,29,32)(H,30,33). The molecular weight excluding hydrogens is 446 g/mol. The highest BCUT2D eigenvalue weighted by Gasteiger charge is 2.13. The number of carbonyl (C=O) groups is 3. The van der Waals surface area contributed by atoms with Gasteiger partial charge in [0.15, 0.2) is 11.5 Å². The summed E-state index contributed by atoms with van der Waals surface area (Å²) in [6, 6.07) is 21.3. The molecule has 35 heavy (non-hydrogen) atoms. The van der Waals surface area contributed by atoms with E-state index < -0.39 is 17.8 Å². The van der Waals surface area contributed by atoms with Crippen LogP contribution in [0.2, 0.25) is 0 Å². The number of rotatable bonds is 8. The van der Waals surface area contributed by atoms with Crippen LogP contribution in [0.1, 0.15) is 23.6 Å². The van der Waals surface area contributed by atoms with Crippen molar-refractivity contribution in [3.8, 4) is 11.5 Å². The first kappa shape index (κ1) is 24.9. The maximum atomic E-state index is 12.1. The third kappa shape index (κ3) is 7.68. The van der Waals surface area contributed by atoms with Crippen molar-refractivity contribution in [3.05, 3.63) is 95.6 Å². The van der Waals surface area contributed by atoms with Crippen molar-refractivity contribution in [2.45, 2.75) is 13.3 Å². The summed E-state index contributed by atoms with van der Waals surface area (Å²) in [7, 11) is 1.44. The molecule has 0 aromatic heterocycles. The topological polar surface area (TPSA) is 106 Å². The van der Waals surface area contributed by atoms with Gasteiger partial charge in [0.2, 0.25) is 0 Å². The Hall–Kier alpha value is -4.72. The lowest BCUT2D eigenvalue weighted by Crippen LogP contribution is -2.32. The van der Waals surface area contributed by atoms with Crippen molar-refractivity contribution in [2.75, 3.05) is 12.4 Å². The molecule has 0 saturated heterocycles. The number of ether oxygens (including phenoxy) is 2. The zero-order valence-electron chi connectivity index (χ0n) is 19.4. The second-order valence-corrected chi connectivity index (χ2v) is 7.28. The molecule has 8 nitrogen and oxygen atoms in total. The fraction of sp³-hybridized carbons (Fsp3) is 0.111. The van der Waals surface area contributed by atoms with E-state index in [2.05, 4.69) is 15.8 Å². The normalized spacial score (nSPS) is 10.8. The first-order valence-corrected chi connectivity index (χ1v) is 10.8. The largest absolute Gasteiger partial charge is 0.493 e. The van der Waals surface area contributed by atoms with Crippen LogP contribution in [0, 0.1) is 0 Å². The van der Waals surface area contributed by atoms with Crippen molar-refractivity contribution in [1.29, 1.82) is 0 Å². The molecule has 178 valence electrons. The monoisotopic (exact) mass is 471 g/mol. The molecular formula is C27H25N3O5. The van der Waals surface area contributed by atoms with Crippen LogP contribution >= 0.6 is 0 Å². The Balaban J connectivity index is 1.55. The quantitative estimate of drug-likeness (QED) is 0.129. The highest BCUT2D eigenvalue weighted by atomic mass is 16.6. The lowest BCUT2D eigenvalue weighted by Gasteiger charge is -2.08. The molecule has 3 aromatic carbocycles. The highest BCUT2D eigenvalue weighted by Crippen LogP contribution is 2.27. The molecule has 0 fully saturated rings. The molecule has 0 saturated carbocycles. The molecule has 0 radical (unpaired) electrons. The molecule has 0 heterocycles. The van der Waals surface area contributed by atoms with Gasteiger partial charge < -0.3 is 14.8 Å². The number of amides is 2. The SMILES string of the molecule is CCc1ccc(NC(=O)C(=O)NN=Cc2ccc(OC(=O)C=Cc3ccccc3)c(OC)c2)cc1. The fourth-order valence-electron chi connectivity index (χ4n) is 2.95. The Morgan fingerprint density at radius 1 is 0.886 bits per heavy atom. The molecule has 0 bridgehead atoms. The van der Waals surface area contributed by atoms with E-state index in [1.54, 1.807) is 36.4 Å². The van der Waals surface area contributed by atoms with E-state index >= 15 is 0 Å². The molecule has 0 aliphatic rings. The van der Waals surface area contributed by atoms with Gasteiger partial charge in [-0.2, -0.15) is 5.10 Å². The van der Waals surface area contributed by atoms with Gasteiger partial charge in [0.1, 0.15) is 0 Å². The van der Waals surface area contributed by atoms with E-state index in [1.165, 1.54) is 19.4 Å². The minimum atomic E-state index is -0.913. The Morgan fingerprint density at radius 3 is 2.31 bits per heavy atom. The zero-order chi connectivity index (χ0) is 25.0. The molecule has 2 amide bonds. The van der Waals surface area contributed by atoms with Crippen molar-refractivity contribution in [3.63, 3.8) is 0 Å². The van der Waals surface area contributed by atoms with Crippen molar-refractivity contribution in [2.24, 2.45) is 5.10 Å². The molecule has 2 N–H and O–H groups in total.